The van der Waals surface area contributed by atoms with Crippen LogP contribution in [0.25, 0.3) is 0 Å². The number of nitrogens with zero attached hydrogens (tertiary/aromatic N) is 1. The maximum Gasteiger partial charge on any atom is 0.0406 e. The summed E-state index contributed by atoms with van der Waals surface area (Å²) >= 11 is 5.93. The lowest BCUT2D eigenvalue weighted by molar-refractivity contribution is 0.190. The Kier molecular flexibility index (Phi) is 7.01. The number of rotatable bonds is 7. The SMILES string of the molecule is CCCCN1CCC(NC(C)Cc2ccc(Cl)cc2)CC1. The molecule has 1 N–H and O–H groups in total. The molecule has 0 saturated carbocycles. The topological polar surface area (TPSA) is 15.3 Å². The molecule has 2 nitrogen and oxygen atoms in total. The van der Waals surface area contributed by atoms with Gasteiger partial charge >= 0.3 is 0 Å². The maximum atomic E-state index is 5.93. The molecule has 1 aliphatic rings. The van der Waals surface area contributed by atoms with Crippen LogP contribution in [0.4, 0.5) is 0 Å². The van der Waals surface area contributed by atoms with Crippen LogP contribution in [0.1, 0.15) is 45.1 Å². The molecule has 0 bridgehead atoms. The van der Waals surface area contributed by atoms with Crippen molar-refractivity contribution in [3.63, 3.8) is 0 Å². The quantitative estimate of drug-likeness (QED) is 0.815. The summed E-state index contributed by atoms with van der Waals surface area (Å²) in [7, 11) is 0. The average Bonchev–Trinajstić information content (AvgIpc) is 2.49. The molecule has 1 fully saturated rings. The second kappa shape index (κ2) is 8.77. The van der Waals surface area contributed by atoms with Gasteiger partial charge < -0.3 is 10.2 Å². The summed E-state index contributed by atoms with van der Waals surface area (Å²) in [5, 5.41) is 4.62. The third-order valence-corrected chi connectivity index (χ3v) is 4.64. The number of piperidine rings is 1. The number of benzene rings is 1. The van der Waals surface area contributed by atoms with Crippen LogP contribution in [-0.4, -0.2) is 36.6 Å². The fourth-order valence-electron chi connectivity index (χ4n) is 3.14. The highest BCUT2D eigenvalue weighted by Crippen LogP contribution is 2.14. The minimum atomic E-state index is 0.526. The zero-order valence-corrected chi connectivity index (χ0v) is 14.2. The zero-order chi connectivity index (χ0) is 15.1. The van der Waals surface area contributed by atoms with Gasteiger partial charge in [-0.15, -0.1) is 0 Å². The first-order valence-electron chi connectivity index (χ1n) is 8.40. The summed E-state index contributed by atoms with van der Waals surface area (Å²) in [6.45, 7) is 8.35. The van der Waals surface area contributed by atoms with Gasteiger partial charge in [-0.1, -0.05) is 37.1 Å². The number of hydrogen-bond acceptors (Lipinski definition) is 2. The number of unbranched alkanes of at least 4 members (excludes halogenated alkanes) is 1. The standard InChI is InChI=1S/C18H29ClN2/c1-3-4-11-21-12-9-18(10-13-21)20-15(2)14-16-5-7-17(19)8-6-16/h5-8,15,18,20H,3-4,9-14H2,1-2H3. The molecule has 1 saturated heterocycles. The lowest BCUT2D eigenvalue weighted by atomic mass is 10.0. The fraction of sp³-hybridized carbons (Fsp3) is 0.667. The fourth-order valence-corrected chi connectivity index (χ4v) is 3.27. The maximum absolute atomic E-state index is 5.93. The Balaban J connectivity index is 1.69. The van der Waals surface area contributed by atoms with Crippen LogP contribution in [0.5, 0.6) is 0 Å². The van der Waals surface area contributed by atoms with Crippen LogP contribution in [0.3, 0.4) is 0 Å². The van der Waals surface area contributed by atoms with Crippen molar-refractivity contribution in [2.24, 2.45) is 0 Å². The van der Waals surface area contributed by atoms with Gasteiger partial charge in [-0.05, 0) is 69.9 Å². The highest BCUT2D eigenvalue weighted by Gasteiger charge is 2.19. The molecule has 1 unspecified atom stereocenters. The molecule has 2 rings (SSSR count). The van der Waals surface area contributed by atoms with E-state index in [1.54, 1.807) is 0 Å². The molecule has 0 aliphatic carbocycles. The van der Waals surface area contributed by atoms with E-state index < -0.39 is 0 Å². The summed E-state index contributed by atoms with van der Waals surface area (Å²) < 4.78 is 0. The number of nitrogens with one attached hydrogen (secondary N) is 1. The summed E-state index contributed by atoms with van der Waals surface area (Å²) in [6, 6.07) is 9.44. The second-order valence-electron chi connectivity index (χ2n) is 6.37. The van der Waals surface area contributed by atoms with Gasteiger partial charge in [0.25, 0.3) is 0 Å². The average molecular weight is 309 g/mol. The molecule has 0 radical (unpaired) electrons. The van der Waals surface area contributed by atoms with Crippen molar-refractivity contribution in [2.75, 3.05) is 19.6 Å². The van der Waals surface area contributed by atoms with Gasteiger partial charge in [-0.2, -0.15) is 0 Å². The highest BCUT2D eigenvalue weighted by molar-refractivity contribution is 6.30. The Bertz CT molecular complexity index is 396. The molecule has 0 amide bonds. The van der Waals surface area contributed by atoms with E-state index in [1.165, 1.54) is 50.9 Å². The molecule has 1 aliphatic heterocycles. The van der Waals surface area contributed by atoms with E-state index in [-0.39, 0.29) is 0 Å². The first kappa shape index (κ1) is 16.8. The van der Waals surface area contributed by atoms with Gasteiger partial charge in [0.1, 0.15) is 0 Å². The number of halogens is 1. The lowest BCUT2D eigenvalue weighted by Gasteiger charge is -2.34. The van der Waals surface area contributed by atoms with Crippen molar-refractivity contribution in [3.8, 4) is 0 Å². The third kappa shape index (κ3) is 5.98. The third-order valence-electron chi connectivity index (χ3n) is 4.39. The number of likely N-dealkylation sites (tertiary alicyclic amines) is 1. The van der Waals surface area contributed by atoms with Gasteiger partial charge in [0.2, 0.25) is 0 Å². The Hall–Kier alpha value is -0.570. The van der Waals surface area contributed by atoms with Crippen LogP contribution >= 0.6 is 11.6 Å². The largest absolute Gasteiger partial charge is 0.311 e. The first-order valence-corrected chi connectivity index (χ1v) is 8.78. The van der Waals surface area contributed by atoms with Crippen LogP contribution in [-0.2, 0) is 6.42 Å². The van der Waals surface area contributed by atoms with Gasteiger partial charge in [0.15, 0.2) is 0 Å². The minimum absolute atomic E-state index is 0.526. The zero-order valence-electron chi connectivity index (χ0n) is 13.4. The van der Waals surface area contributed by atoms with Crippen molar-refractivity contribution in [2.45, 2.75) is 58.0 Å². The molecule has 1 aromatic rings. The summed E-state index contributed by atoms with van der Waals surface area (Å²) in [5.41, 5.74) is 1.36. The van der Waals surface area contributed by atoms with Gasteiger partial charge in [-0.3, -0.25) is 0 Å². The Morgan fingerprint density at radius 1 is 1.24 bits per heavy atom. The van der Waals surface area contributed by atoms with E-state index in [1.807, 2.05) is 12.1 Å². The monoisotopic (exact) mass is 308 g/mol. The molecule has 1 aromatic carbocycles. The first-order chi connectivity index (χ1) is 10.2. The molecule has 3 heteroatoms. The van der Waals surface area contributed by atoms with Crippen LogP contribution in [0.2, 0.25) is 5.02 Å². The molecule has 0 aromatic heterocycles. The van der Waals surface area contributed by atoms with Crippen molar-refractivity contribution in [1.82, 2.24) is 10.2 Å². The Morgan fingerprint density at radius 3 is 2.52 bits per heavy atom. The predicted octanol–water partition coefficient (Wildman–Crippen LogP) is 4.13. The molecule has 21 heavy (non-hydrogen) atoms. The normalized spacial score (nSPS) is 18.8. The van der Waals surface area contributed by atoms with Gasteiger partial charge in [0, 0.05) is 17.1 Å². The van der Waals surface area contributed by atoms with E-state index in [0.29, 0.717) is 12.1 Å². The minimum Gasteiger partial charge on any atom is -0.311 e. The number of hydrogen-bond donors (Lipinski definition) is 1. The molecule has 118 valence electrons. The van der Waals surface area contributed by atoms with Crippen LogP contribution < -0.4 is 5.32 Å². The summed E-state index contributed by atoms with van der Waals surface area (Å²) in [4.78, 5) is 2.62. The van der Waals surface area contributed by atoms with Crippen LogP contribution in [0.15, 0.2) is 24.3 Å². The van der Waals surface area contributed by atoms with Crippen molar-refractivity contribution in [1.29, 1.82) is 0 Å². The lowest BCUT2D eigenvalue weighted by Crippen LogP contribution is -2.46. The van der Waals surface area contributed by atoms with Crippen LogP contribution in [0, 0.1) is 0 Å². The smallest absolute Gasteiger partial charge is 0.0406 e. The van der Waals surface area contributed by atoms with E-state index >= 15 is 0 Å². The highest BCUT2D eigenvalue weighted by atomic mass is 35.5. The van der Waals surface area contributed by atoms with E-state index in [2.05, 4.69) is 36.2 Å². The molecule has 0 spiro atoms. The summed E-state index contributed by atoms with van der Waals surface area (Å²) in [5.74, 6) is 0. The Labute approximate surface area is 134 Å². The molecular weight excluding hydrogens is 280 g/mol. The molecule has 1 heterocycles. The van der Waals surface area contributed by atoms with E-state index in [0.717, 1.165) is 11.4 Å². The van der Waals surface area contributed by atoms with E-state index in [9.17, 15) is 0 Å². The Morgan fingerprint density at radius 2 is 1.90 bits per heavy atom. The van der Waals surface area contributed by atoms with Crippen molar-refractivity contribution >= 4 is 11.6 Å². The van der Waals surface area contributed by atoms with Gasteiger partial charge in [-0.25, -0.2) is 0 Å². The van der Waals surface area contributed by atoms with Crippen molar-refractivity contribution < 1.29 is 0 Å². The summed E-state index contributed by atoms with van der Waals surface area (Å²) in [6.07, 6.45) is 6.29. The molecular formula is C18H29ClN2. The second-order valence-corrected chi connectivity index (χ2v) is 6.80. The molecule has 1 atom stereocenters. The predicted molar refractivity (Wildman–Crippen MR) is 92.1 cm³/mol. The van der Waals surface area contributed by atoms with Crippen molar-refractivity contribution in [3.05, 3.63) is 34.9 Å². The van der Waals surface area contributed by atoms with E-state index in [4.69, 9.17) is 11.6 Å². The van der Waals surface area contributed by atoms with Gasteiger partial charge in [0.05, 0.1) is 0 Å².